The highest BCUT2D eigenvalue weighted by Crippen LogP contribution is 2.28. The molecule has 17 heavy (non-hydrogen) atoms. The maximum absolute atomic E-state index is 6.22. The molecule has 0 saturated carbocycles. The summed E-state index contributed by atoms with van der Waals surface area (Å²) < 4.78 is 15.7. The van der Waals surface area contributed by atoms with Crippen molar-refractivity contribution < 1.29 is 14.2 Å². The molecule has 0 bridgehead atoms. The van der Waals surface area contributed by atoms with Crippen LogP contribution in [0.4, 0.5) is 0 Å². The first-order chi connectivity index (χ1) is 8.11. The lowest BCUT2D eigenvalue weighted by atomic mass is 9.93. The average molecular weight is 239 g/mol. The SMILES string of the molecule is COCCOc1ccccc1C(C)(N)COC. The van der Waals surface area contributed by atoms with Crippen LogP contribution < -0.4 is 10.5 Å². The van der Waals surface area contributed by atoms with Crippen LogP contribution in [0.15, 0.2) is 24.3 Å². The fourth-order valence-electron chi connectivity index (χ4n) is 1.68. The monoisotopic (exact) mass is 239 g/mol. The number of hydrogen-bond donors (Lipinski definition) is 1. The molecular formula is C13H21NO3. The molecule has 0 aliphatic heterocycles. The lowest BCUT2D eigenvalue weighted by Crippen LogP contribution is -2.38. The molecule has 4 heteroatoms. The summed E-state index contributed by atoms with van der Waals surface area (Å²) in [7, 11) is 3.28. The van der Waals surface area contributed by atoms with Gasteiger partial charge >= 0.3 is 0 Å². The number of nitrogens with two attached hydrogens (primary N) is 1. The third kappa shape index (κ3) is 4.00. The van der Waals surface area contributed by atoms with E-state index in [2.05, 4.69) is 0 Å². The molecule has 1 aromatic rings. The Bertz CT molecular complexity index is 339. The molecule has 1 rings (SSSR count). The van der Waals surface area contributed by atoms with Gasteiger partial charge in [-0.2, -0.15) is 0 Å². The Morgan fingerprint density at radius 3 is 2.47 bits per heavy atom. The molecule has 4 nitrogen and oxygen atoms in total. The molecule has 1 unspecified atom stereocenters. The fraction of sp³-hybridized carbons (Fsp3) is 0.538. The lowest BCUT2D eigenvalue weighted by molar-refractivity contribution is 0.131. The molecule has 0 heterocycles. The summed E-state index contributed by atoms with van der Waals surface area (Å²) >= 11 is 0. The highest BCUT2D eigenvalue weighted by molar-refractivity contribution is 5.38. The van der Waals surface area contributed by atoms with E-state index in [9.17, 15) is 0 Å². The number of para-hydroxylation sites is 1. The van der Waals surface area contributed by atoms with Crippen molar-refractivity contribution in [3.63, 3.8) is 0 Å². The molecule has 0 fully saturated rings. The standard InChI is InChI=1S/C13H21NO3/c1-13(14,10-16-3)11-6-4-5-7-12(11)17-9-8-15-2/h4-7H,8-10,14H2,1-3H3. The van der Waals surface area contributed by atoms with Crippen LogP contribution >= 0.6 is 0 Å². The van der Waals surface area contributed by atoms with E-state index in [1.165, 1.54) is 0 Å². The third-order valence-electron chi connectivity index (χ3n) is 2.49. The van der Waals surface area contributed by atoms with Crippen molar-refractivity contribution in [2.45, 2.75) is 12.5 Å². The fourth-order valence-corrected chi connectivity index (χ4v) is 1.68. The summed E-state index contributed by atoms with van der Waals surface area (Å²) in [6, 6.07) is 7.74. The quantitative estimate of drug-likeness (QED) is 0.733. The summed E-state index contributed by atoms with van der Waals surface area (Å²) in [5.74, 6) is 0.784. The van der Waals surface area contributed by atoms with Gasteiger partial charge in [0.1, 0.15) is 12.4 Å². The molecular weight excluding hydrogens is 218 g/mol. The van der Waals surface area contributed by atoms with Crippen molar-refractivity contribution in [2.75, 3.05) is 34.0 Å². The van der Waals surface area contributed by atoms with E-state index in [4.69, 9.17) is 19.9 Å². The molecule has 0 aromatic heterocycles. The van der Waals surface area contributed by atoms with E-state index in [1.807, 2.05) is 31.2 Å². The zero-order chi connectivity index (χ0) is 12.7. The maximum Gasteiger partial charge on any atom is 0.124 e. The molecule has 0 aliphatic rings. The summed E-state index contributed by atoms with van der Waals surface area (Å²) in [6.45, 7) is 3.43. The highest BCUT2D eigenvalue weighted by atomic mass is 16.5. The van der Waals surface area contributed by atoms with Crippen molar-refractivity contribution in [1.29, 1.82) is 0 Å². The number of hydrogen-bond acceptors (Lipinski definition) is 4. The Balaban J connectivity index is 2.83. The number of ether oxygens (including phenoxy) is 3. The van der Waals surface area contributed by atoms with Crippen LogP contribution in [0.5, 0.6) is 5.75 Å². The van der Waals surface area contributed by atoms with E-state index in [1.54, 1.807) is 14.2 Å². The van der Waals surface area contributed by atoms with Gasteiger partial charge in [0.05, 0.1) is 18.8 Å². The predicted octanol–water partition coefficient (Wildman–Crippen LogP) is 1.53. The summed E-state index contributed by atoms with van der Waals surface area (Å²) in [5.41, 5.74) is 6.60. The Hall–Kier alpha value is -1.10. The Morgan fingerprint density at radius 2 is 1.82 bits per heavy atom. The normalized spacial score (nSPS) is 14.4. The molecule has 2 N–H and O–H groups in total. The maximum atomic E-state index is 6.22. The summed E-state index contributed by atoms with van der Waals surface area (Å²) in [6.07, 6.45) is 0. The van der Waals surface area contributed by atoms with Gasteiger partial charge in [-0.3, -0.25) is 0 Å². The molecule has 96 valence electrons. The van der Waals surface area contributed by atoms with Crippen LogP contribution in [-0.4, -0.2) is 34.0 Å². The molecule has 0 aliphatic carbocycles. The van der Waals surface area contributed by atoms with Gasteiger partial charge < -0.3 is 19.9 Å². The minimum absolute atomic E-state index is 0.442. The van der Waals surface area contributed by atoms with E-state index in [-0.39, 0.29) is 0 Å². The van der Waals surface area contributed by atoms with Gasteiger partial charge in [-0.25, -0.2) is 0 Å². The van der Waals surface area contributed by atoms with Crippen LogP contribution in [0, 0.1) is 0 Å². The van der Waals surface area contributed by atoms with Gasteiger partial charge in [-0.05, 0) is 13.0 Å². The van der Waals surface area contributed by atoms with E-state index in [0.717, 1.165) is 11.3 Å². The molecule has 1 aromatic carbocycles. The minimum Gasteiger partial charge on any atom is -0.491 e. The summed E-state index contributed by atoms with van der Waals surface area (Å²) in [4.78, 5) is 0. The van der Waals surface area contributed by atoms with Gasteiger partial charge in [0, 0.05) is 19.8 Å². The second-order valence-electron chi connectivity index (χ2n) is 4.19. The Kier molecular flexibility index (Phi) is 5.41. The third-order valence-corrected chi connectivity index (χ3v) is 2.49. The zero-order valence-corrected chi connectivity index (χ0v) is 10.7. The average Bonchev–Trinajstić information content (AvgIpc) is 2.30. The smallest absolute Gasteiger partial charge is 0.124 e. The van der Waals surface area contributed by atoms with Crippen LogP contribution in [-0.2, 0) is 15.0 Å². The first-order valence-electron chi connectivity index (χ1n) is 5.61. The summed E-state index contributed by atoms with van der Waals surface area (Å²) in [5, 5.41) is 0. The van der Waals surface area contributed by atoms with Crippen LogP contribution in [0.25, 0.3) is 0 Å². The molecule has 0 amide bonds. The van der Waals surface area contributed by atoms with Crippen molar-refractivity contribution in [2.24, 2.45) is 5.73 Å². The molecule has 0 spiro atoms. The largest absolute Gasteiger partial charge is 0.491 e. The molecule has 1 atom stereocenters. The number of benzene rings is 1. The highest BCUT2D eigenvalue weighted by Gasteiger charge is 2.24. The van der Waals surface area contributed by atoms with Crippen molar-refractivity contribution in [3.8, 4) is 5.75 Å². The van der Waals surface area contributed by atoms with Gasteiger partial charge in [-0.15, -0.1) is 0 Å². The van der Waals surface area contributed by atoms with E-state index < -0.39 is 5.54 Å². The van der Waals surface area contributed by atoms with E-state index in [0.29, 0.717) is 19.8 Å². The topological polar surface area (TPSA) is 53.7 Å². The lowest BCUT2D eigenvalue weighted by Gasteiger charge is -2.26. The second kappa shape index (κ2) is 6.59. The van der Waals surface area contributed by atoms with Gasteiger partial charge in [0.15, 0.2) is 0 Å². The molecule has 0 saturated heterocycles. The first-order valence-corrected chi connectivity index (χ1v) is 5.61. The predicted molar refractivity (Wildman–Crippen MR) is 67.2 cm³/mol. The van der Waals surface area contributed by atoms with Gasteiger partial charge in [0.2, 0.25) is 0 Å². The first kappa shape index (κ1) is 14.0. The Labute approximate surface area is 103 Å². The van der Waals surface area contributed by atoms with Gasteiger partial charge in [0.25, 0.3) is 0 Å². The van der Waals surface area contributed by atoms with Gasteiger partial charge in [-0.1, -0.05) is 18.2 Å². The zero-order valence-electron chi connectivity index (χ0n) is 10.7. The van der Waals surface area contributed by atoms with Crippen LogP contribution in [0.2, 0.25) is 0 Å². The number of methoxy groups -OCH3 is 2. The molecule has 0 radical (unpaired) electrons. The van der Waals surface area contributed by atoms with Crippen molar-refractivity contribution >= 4 is 0 Å². The van der Waals surface area contributed by atoms with Crippen molar-refractivity contribution in [1.82, 2.24) is 0 Å². The van der Waals surface area contributed by atoms with Crippen molar-refractivity contribution in [3.05, 3.63) is 29.8 Å². The second-order valence-corrected chi connectivity index (χ2v) is 4.19. The number of rotatable bonds is 7. The van der Waals surface area contributed by atoms with E-state index >= 15 is 0 Å². The minimum atomic E-state index is -0.557. The van der Waals surface area contributed by atoms with Crippen LogP contribution in [0.3, 0.4) is 0 Å². The van der Waals surface area contributed by atoms with Crippen LogP contribution in [0.1, 0.15) is 12.5 Å². The Morgan fingerprint density at radius 1 is 1.12 bits per heavy atom.